The maximum Gasteiger partial charge on any atom is 0.253 e. The van der Waals surface area contributed by atoms with Crippen molar-refractivity contribution in [2.24, 2.45) is 0 Å². The molecule has 2 heterocycles. The Morgan fingerprint density at radius 2 is 1.91 bits per heavy atom. The molecule has 32 heavy (non-hydrogen) atoms. The van der Waals surface area contributed by atoms with E-state index in [0.717, 1.165) is 47.9 Å². The fourth-order valence-electron chi connectivity index (χ4n) is 4.22. The minimum atomic E-state index is -0.208. The molecule has 0 spiro atoms. The highest BCUT2D eigenvalue weighted by atomic mass is 16.3. The van der Waals surface area contributed by atoms with Crippen LogP contribution in [0.15, 0.2) is 48.7 Å². The van der Waals surface area contributed by atoms with Gasteiger partial charge >= 0.3 is 0 Å². The molecule has 2 aromatic carbocycles. The van der Waals surface area contributed by atoms with Crippen LogP contribution in [0, 0.1) is 0 Å². The van der Waals surface area contributed by atoms with Gasteiger partial charge in [0.15, 0.2) is 0 Å². The smallest absolute Gasteiger partial charge is 0.253 e. The molecule has 1 aliphatic rings. The zero-order chi connectivity index (χ0) is 21.9. The number of benzene rings is 2. The van der Waals surface area contributed by atoms with Crippen molar-refractivity contribution < 1.29 is 9.90 Å². The van der Waals surface area contributed by atoms with Crippen LogP contribution < -0.4 is 10.6 Å². The molecule has 4 N–H and O–H groups in total. The maximum absolute atomic E-state index is 12.9. The van der Waals surface area contributed by atoms with Crippen LogP contribution in [0.2, 0.25) is 0 Å². The summed E-state index contributed by atoms with van der Waals surface area (Å²) < 4.78 is 0. The molecule has 1 aliphatic carbocycles. The van der Waals surface area contributed by atoms with E-state index < -0.39 is 0 Å². The highest BCUT2D eigenvalue weighted by Crippen LogP contribution is 2.23. The van der Waals surface area contributed by atoms with Gasteiger partial charge in [0, 0.05) is 30.6 Å². The van der Waals surface area contributed by atoms with Crippen molar-refractivity contribution in [1.29, 1.82) is 0 Å². The Morgan fingerprint density at radius 1 is 1.06 bits per heavy atom. The van der Waals surface area contributed by atoms with E-state index in [2.05, 4.69) is 30.6 Å². The second-order valence-electron chi connectivity index (χ2n) is 8.29. The first kappa shape index (κ1) is 20.4. The third kappa shape index (κ3) is 4.40. The summed E-state index contributed by atoms with van der Waals surface area (Å²) in [5.41, 5.74) is 3.07. The minimum Gasteiger partial charge on any atom is -0.393 e. The molecule has 164 valence electrons. The van der Waals surface area contributed by atoms with Crippen molar-refractivity contribution in [3.63, 3.8) is 0 Å². The Balaban J connectivity index is 1.27. The normalized spacial score (nSPS) is 18.7. The van der Waals surface area contributed by atoms with Gasteiger partial charge in [-0.15, -0.1) is 0 Å². The highest BCUT2D eigenvalue weighted by Gasteiger charge is 2.20. The van der Waals surface area contributed by atoms with E-state index in [-0.39, 0.29) is 18.1 Å². The maximum atomic E-state index is 12.9. The molecule has 2 aromatic heterocycles. The molecule has 0 atom stereocenters. The largest absolute Gasteiger partial charge is 0.393 e. The lowest BCUT2D eigenvalue weighted by atomic mass is 9.93. The van der Waals surface area contributed by atoms with Crippen LogP contribution in [0.5, 0.6) is 0 Å². The van der Waals surface area contributed by atoms with E-state index >= 15 is 0 Å². The number of amides is 1. The number of carbonyl (C=O) groups excluding carboxylic acids is 1. The predicted octanol–water partition coefficient (Wildman–Crippen LogP) is 3.19. The summed E-state index contributed by atoms with van der Waals surface area (Å²) in [6, 6.07) is 13.6. The number of rotatable bonds is 6. The molecule has 1 fully saturated rings. The number of imidazole rings is 1. The van der Waals surface area contributed by atoms with E-state index in [4.69, 9.17) is 0 Å². The molecular weight excluding hydrogens is 404 g/mol. The van der Waals surface area contributed by atoms with Crippen LogP contribution in [-0.4, -0.2) is 49.6 Å². The summed E-state index contributed by atoms with van der Waals surface area (Å²) in [5, 5.41) is 16.9. The number of fused-ring (bicyclic) bond motifs is 2. The zero-order valence-electron chi connectivity index (χ0n) is 17.7. The third-order valence-corrected chi connectivity index (χ3v) is 5.97. The Kier molecular flexibility index (Phi) is 5.68. The summed E-state index contributed by atoms with van der Waals surface area (Å²) in [5.74, 6) is 1.19. The molecule has 1 amide bonds. The van der Waals surface area contributed by atoms with Gasteiger partial charge in [0.1, 0.15) is 5.82 Å². The molecule has 0 saturated heterocycles. The van der Waals surface area contributed by atoms with Gasteiger partial charge in [-0.2, -0.15) is 0 Å². The van der Waals surface area contributed by atoms with Gasteiger partial charge < -0.3 is 20.7 Å². The number of hydrogen-bond donors (Lipinski definition) is 4. The number of H-pyrrole nitrogens is 1. The van der Waals surface area contributed by atoms with E-state index in [1.54, 1.807) is 12.3 Å². The van der Waals surface area contributed by atoms with Crippen molar-refractivity contribution in [3.05, 3.63) is 60.0 Å². The molecule has 1 saturated carbocycles. The van der Waals surface area contributed by atoms with Gasteiger partial charge in [0.05, 0.1) is 28.2 Å². The zero-order valence-corrected chi connectivity index (χ0v) is 17.7. The summed E-state index contributed by atoms with van der Waals surface area (Å²) in [4.78, 5) is 29.8. The molecule has 0 aliphatic heterocycles. The first-order chi connectivity index (χ1) is 15.7. The van der Waals surface area contributed by atoms with Crippen molar-refractivity contribution in [3.8, 4) is 0 Å². The summed E-state index contributed by atoms with van der Waals surface area (Å²) >= 11 is 0. The van der Waals surface area contributed by atoms with Gasteiger partial charge in [0.2, 0.25) is 5.95 Å². The number of anilines is 1. The van der Waals surface area contributed by atoms with Gasteiger partial charge in [-0.25, -0.2) is 15.0 Å². The molecular formula is C24H26N6O2. The van der Waals surface area contributed by atoms with Crippen molar-refractivity contribution in [2.45, 2.75) is 44.2 Å². The number of aromatic nitrogens is 4. The average molecular weight is 431 g/mol. The number of aromatic amines is 1. The number of aliphatic hydroxyl groups is 1. The number of carbonyl (C=O) groups is 1. The summed E-state index contributed by atoms with van der Waals surface area (Å²) in [7, 11) is 0. The Labute approximate surface area is 185 Å². The molecule has 8 heteroatoms. The van der Waals surface area contributed by atoms with Crippen molar-refractivity contribution in [1.82, 2.24) is 25.3 Å². The number of hydrogen-bond acceptors (Lipinski definition) is 6. The van der Waals surface area contributed by atoms with Crippen LogP contribution in [0.4, 0.5) is 5.95 Å². The van der Waals surface area contributed by atoms with E-state index in [1.807, 2.05) is 36.4 Å². The topological polar surface area (TPSA) is 116 Å². The molecule has 0 bridgehead atoms. The standard InChI is InChI=1S/C24H26N6O2/c31-17-10-8-16(9-11-17)27-24-26-14-15-4-3-5-18(22(15)30-24)23(32)25-13-12-21-28-19-6-1-2-7-20(19)29-21/h1-7,14,16-17,31H,8-13H2,(H,25,32)(H,28,29)(H,26,27,30)/t16-,17-. The van der Waals surface area contributed by atoms with Gasteiger partial charge in [-0.3, -0.25) is 4.79 Å². The SMILES string of the molecule is O=C(NCCc1nc2ccccc2[nH]1)c1cccc2cnc(N[C@H]3CC[C@H](O)CC3)nc12. The van der Waals surface area contributed by atoms with Crippen LogP contribution >= 0.6 is 0 Å². The van der Waals surface area contributed by atoms with Crippen LogP contribution in [-0.2, 0) is 6.42 Å². The summed E-state index contributed by atoms with van der Waals surface area (Å²) in [6.45, 7) is 0.468. The molecule has 8 nitrogen and oxygen atoms in total. The molecule has 5 rings (SSSR count). The van der Waals surface area contributed by atoms with E-state index in [0.29, 0.717) is 30.0 Å². The fraction of sp³-hybridized carbons (Fsp3) is 0.333. The van der Waals surface area contributed by atoms with Gasteiger partial charge in [-0.1, -0.05) is 24.3 Å². The average Bonchev–Trinajstić information content (AvgIpc) is 3.23. The number of aliphatic hydroxyl groups excluding tert-OH is 1. The van der Waals surface area contributed by atoms with Crippen LogP contribution in [0.1, 0.15) is 41.9 Å². The first-order valence-electron chi connectivity index (χ1n) is 11.1. The lowest BCUT2D eigenvalue weighted by molar-refractivity contribution is 0.0955. The van der Waals surface area contributed by atoms with Crippen molar-refractivity contribution in [2.75, 3.05) is 11.9 Å². The first-order valence-corrected chi connectivity index (χ1v) is 11.1. The Morgan fingerprint density at radius 3 is 2.75 bits per heavy atom. The fourth-order valence-corrected chi connectivity index (χ4v) is 4.22. The van der Waals surface area contributed by atoms with E-state index in [9.17, 15) is 9.90 Å². The lowest BCUT2D eigenvalue weighted by Gasteiger charge is -2.26. The molecule has 0 radical (unpaired) electrons. The number of nitrogens with zero attached hydrogens (tertiary/aromatic N) is 3. The van der Waals surface area contributed by atoms with E-state index in [1.165, 1.54) is 0 Å². The van der Waals surface area contributed by atoms with Gasteiger partial charge in [0.25, 0.3) is 5.91 Å². The Hall–Kier alpha value is -3.52. The van der Waals surface area contributed by atoms with Crippen LogP contribution in [0.25, 0.3) is 21.9 Å². The number of para-hydroxylation sites is 3. The number of nitrogens with one attached hydrogen (secondary N) is 3. The minimum absolute atomic E-state index is 0.169. The molecule has 4 aromatic rings. The Bertz CT molecular complexity index is 1210. The van der Waals surface area contributed by atoms with Crippen LogP contribution in [0.3, 0.4) is 0 Å². The highest BCUT2D eigenvalue weighted by molar-refractivity contribution is 6.05. The second-order valence-corrected chi connectivity index (χ2v) is 8.29. The monoisotopic (exact) mass is 430 g/mol. The summed E-state index contributed by atoms with van der Waals surface area (Å²) in [6.07, 6.45) is 5.47. The predicted molar refractivity (Wildman–Crippen MR) is 124 cm³/mol. The van der Waals surface area contributed by atoms with Crippen molar-refractivity contribution >= 4 is 33.8 Å². The van der Waals surface area contributed by atoms with Gasteiger partial charge in [-0.05, 0) is 43.9 Å². The second kappa shape index (κ2) is 8.92. The molecule has 0 unspecified atom stereocenters. The quantitative estimate of drug-likeness (QED) is 0.373. The third-order valence-electron chi connectivity index (χ3n) is 5.97. The lowest BCUT2D eigenvalue weighted by Crippen LogP contribution is -2.29.